The van der Waals surface area contributed by atoms with Crippen molar-refractivity contribution < 1.29 is 19.0 Å². The van der Waals surface area contributed by atoms with Crippen LogP contribution >= 0.6 is 11.6 Å². The Hall–Kier alpha value is -2.77. The van der Waals surface area contributed by atoms with E-state index in [0.717, 1.165) is 29.5 Å². The first-order valence-electron chi connectivity index (χ1n) is 11.6. The van der Waals surface area contributed by atoms with Gasteiger partial charge in [-0.05, 0) is 68.1 Å². The number of hydrogen-bond donors (Lipinski definition) is 1. The standard InChI is InChI=1S/C26H30ClN3O4/c1-25(2)13-16(7-8-33-25)22-14-26(23(31)30(3)24(28)29-26)20-11-15(5-6-21(20)34-22)17-9-18(27)12-19(10-17)32-4/h5-6,9-12,16,22H,7-8,13-14H2,1-4H3,(H2,28,29). The van der Waals surface area contributed by atoms with E-state index in [0.29, 0.717) is 29.5 Å². The Morgan fingerprint density at radius 2 is 1.97 bits per heavy atom. The Morgan fingerprint density at radius 1 is 1.18 bits per heavy atom. The molecule has 1 spiro atoms. The third-order valence-electron chi connectivity index (χ3n) is 7.21. The van der Waals surface area contributed by atoms with Gasteiger partial charge >= 0.3 is 0 Å². The molecule has 0 bridgehead atoms. The summed E-state index contributed by atoms with van der Waals surface area (Å²) in [7, 11) is 3.27. The molecule has 3 unspecified atom stereocenters. The van der Waals surface area contributed by atoms with E-state index in [4.69, 9.17) is 36.5 Å². The van der Waals surface area contributed by atoms with Crippen LogP contribution < -0.4 is 15.2 Å². The first kappa shape index (κ1) is 23.0. The topological polar surface area (TPSA) is 86.4 Å². The SMILES string of the molecule is COc1cc(Cl)cc(-c2ccc3c(c2)C2(CC(C4CCOC(C)(C)C4)O3)N=C(N)N(C)C2=O)c1. The van der Waals surface area contributed by atoms with Crippen LogP contribution in [0.25, 0.3) is 11.1 Å². The number of nitrogens with two attached hydrogens (primary N) is 1. The Bertz CT molecular complexity index is 1180. The second-order valence-electron chi connectivity index (χ2n) is 10.0. The molecule has 0 aromatic heterocycles. The van der Waals surface area contributed by atoms with Crippen molar-refractivity contribution in [1.29, 1.82) is 0 Å². The summed E-state index contributed by atoms with van der Waals surface area (Å²) in [6.07, 6.45) is 2.00. The maximum Gasteiger partial charge on any atom is 0.261 e. The van der Waals surface area contributed by atoms with Gasteiger partial charge < -0.3 is 19.9 Å². The first-order chi connectivity index (χ1) is 16.1. The molecule has 1 amide bonds. The molecule has 1 saturated heterocycles. The van der Waals surface area contributed by atoms with Gasteiger partial charge in [0.1, 0.15) is 17.6 Å². The minimum atomic E-state index is -1.11. The summed E-state index contributed by atoms with van der Waals surface area (Å²) in [5.41, 5.74) is 7.32. The number of amides is 1. The summed E-state index contributed by atoms with van der Waals surface area (Å²) >= 11 is 6.32. The second kappa shape index (κ2) is 8.17. The Kier molecular flexibility index (Phi) is 5.52. The van der Waals surface area contributed by atoms with E-state index in [9.17, 15) is 4.79 Å². The highest BCUT2D eigenvalue weighted by atomic mass is 35.5. The normalized spacial score (nSPS) is 27.9. The molecule has 7 nitrogen and oxygen atoms in total. The molecular weight excluding hydrogens is 454 g/mol. The van der Waals surface area contributed by atoms with Gasteiger partial charge in [0, 0.05) is 36.6 Å². The zero-order valence-electron chi connectivity index (χ0n) is 19.9. The summed E-state index contributed by atoms with van der Waals surface area (Å²) in [5, 5.41) is 0.569. The van der Waals surface area contributed by atoms with Gasteiger partial charge in [-0.1, -0.05) is 17.7 Å². The molecule has 3 atom stereocenters. The summed E-state index contributed by atoms with van der Waals surface area (Å²) in [6.45, 7) is 4.87. The average molecular weight is 484 g/mol. The van der Waals surface area contributed by atoms with Crippen molar-refractivity contribution in [3.63, 3.8) is 0 Å². The maximum atomic E-state index is 13.6. The molecule has 2 aromatic carbocycles. The van der Waals surface area contributed by atoms with Crippen LogP contribution in [0.15, 0.2) is 41.4 Å². The molecule has 8 heteroatoms. The van der Waals surface area contributed by atoms with E-state index in [1.807, 2.05) is 30.3 Å². The van der Waals surface area contributed by atoms with Crippen molar-refractivity contribution >= 4 is 23.5 Å². The van der Waals surface area contributed by atoms with Gasteiger partial charge in [-0.3, -0.25) is 9.69 Å². The van der Waals surface area contributed by atoms with Crippen molar-refractivity contribution in [3.05, 3.63) is 47.0 Å². The van der Waals surface area contributed by atoms with E-state index < -0.39 is 5.54 Å². The maximum absolute atomic E-state index is 13.6. The third-order valence-corrected chi connectivity index (χ3v) is 7.43. The smallest absolute Gasteiger partial charge is 0.261 e. The predicted octanol–water partition coefficient (Wildman–Crippen LogP) is 4.35. The minimum Gasteiger partial charge on any atom is -0.497 e. The molecule has 2 aromatic rings. The van der Waals surface area contributed by atoms with Crippen LogP contribution in [0.5, 0.6) is 11.5 Å². The molecule has 3 aliphatic heterocycles. The Labute approximate surface area is 204 Å². The van der Waals surface area contributed by atoms with Crippen molar-refractivity contribution in [1.82, 2.24) is 4.90 Å². The summed E-state index contributed by atoms with van der Waals surface area (Å²) in [4.78, 5) is 19.8. The van der Waals surface area contributed by atoms with Gasteiger partial charge in [-0.2, -0.15) is 0 Å². The highest BCUT2D eigenvalue weighted by molar-refractivity contribution is 6.31. The van der Waals surface area contributed by atoms with E-state index in [-0.39, 0.29) is 29.5 Å². The second-order valence-corrected chi connectivity index (χ2v) is 10.4. The quantitative estimate of drug-likeness (QED) is 0.701. The van der Waals surface area contributed by atoms with Crippen molar-refractivity contribution in [2.24, 2.45) is 16.6 Å². The molecule has 3 aliphatic rings. The fourth-order valence-electron chi connectivity index (χ4n) is 5.46. The lowest BCUT2D eigenvalue weighted by Gasteiger charge is -2.44. The van der Waals surface area contributed by atoms with Crippen molar-refractivity contribution in [3.8, 4) is 22.6 Å². The van der Waals surface area contributed by atoms with Crippen LogP contribution in [-0.4, -0.2) is 49.2 Å². The van der Waals surface area contributed by atoms with Gasteiger partial charge in [0.15, 0.2) is 11.5 Å². The molecule has 180 valence electrons. The highest BCUT2D eigenvalue weighted by Gasteiger charge is 2.55. The molecular formula is C26H30ClN3O4. The fourth-order valence-corrected chi connectivity index (χ4v) is 5.68. The number of guanidine groups is 1. The van der Waals surface area contributed by atoms with E-state index in [2.05, 4.69) is 13.8 Å². The summed E-state index contributed by atoms with van der Waals surface area (Å²) < 4.78 is 17.9. The number of likely N-dealkylation sites (N-methyl/N-ethyl adjacent to an activating group) is 1. The van der Waals surface area contributed by atoms with Crippen molar-refractivity contribution in [2.75, 3.05) is 20.8 Å². The number of rotatable bonds is 3. The number of ether oxygens (including phenoxy) is 3. The van der Waals surface area contributed by atoms with Gasteiger partial charge in [-0.15, -0.1) is 0 Å². The number of halogens is 1. The van der Waals surface area contributed by atoms with Crippen LogP contribution in [-0.2, 0) is 15.1 Å². The van der Waals surface area contributed by atoms with Gasteiger partial charge in [-0.25, -0.2) is 4.99 Å². The number of carbonyl (C=O) groups is 1. The van der Waals surface area contributed by atoms with Gasteiger partial charge in [0.05, 0.1) is 12.7 Å². The Balaban J connectivity index is 1.60. The lowest BCUT2D eigenvalue weighted by atomic mass is 9.74. The molecule has 1 fully saturated rings. The van der Waals surface area contributed by atoms with Gasteiger partial charge in [0.2, 0.25) is 0 Å². The van der Waals surface area contributed by atoms with E-state index in [1.165, 1.54) is 4.90 Å². The highest BCUT2D eigenvalue weighted by Crippen LogP contribution is 2.50. The monoisotopic (exact) mass is 483 g/mol. The van der Waals surface area contributed by atoms with E-state index >= 15 is 0 Å². The lowest BCUT2D eigenvalue weighted by molar-refractivity contribution is -0.134. The Morgan fingerprint density at radius 3 is 2.65 bits per heavy atom. The number of fused-ring (bicyclic) bond motifs is 2. The molecule has 5 rings (SSSR count). The summed E-state index contributed by atoms with van der Waals surface area (Å²) in [5.74, 6) is 1.66. The minimum absolute atomic E-state index is 0.133. The van der Waals surface area contributed by atoms with Crippen LogP contribution in [0, 0.1) is 5.92 Å². The zero-order chi connectivity index (χ0) is 24.3. The number of benzene rings is 2. The van der Waals surface area contributed by atoms with Crippen LogP contribution in [0.2, 0.25) is 5.02 Å². The molecule has 34 heavy (non-hydrogen) atoms. The van der Waals surface area contributed by atoms with Gasteiger partial charge in [0.25, 0.3) is 5.91 Å². The summed E-state index contributed by atoms with van der Waals surface area (Å²) in [6, 6.07) is 11.4. The van der Waals surface area contributed by atoms with Crippen LogP contribution in [0.4, 0.5) is 0 Å². The molecule has 3 heterocycles. The van der Waals surface area contributed by atoms with E-state index in [1.54, 1.807) is 20.2 Å². The number of aliphatic imine (C=N–C) groups is 1. The first-order valence-corrected chi connectivity index (χ1v) is 11.9. The predicted molar refractivity (Wildman–Crippen MR) is 131 cm³/mol. The largest absolute Gasteiger partial charge is 0.497 e. The number of carbonyl (C=O) groups excluding carboxylic acids is 1. The molecule has 0 saturated carbocycles. The molecule has 0 aliphatic carbocycles. The van der Waals surface area contributed by atoms with Crippen LogP contribution in [0.1, 0.15) is 38.7 Å². The van der Waals surface area contributed by atoms with Crippen LogP contribution in [0.3, 0.4) is 0 Å². The third kappa shape index (κ3) is 3.81. The van der Waals surface area contributed by atoms with Crippen molar-refractivity contribution in [2.45, 2.75) is 50.4 Å². The number of nitrogens with zero attached hydrogens (tertiary/aromatic N) is 2. The molecule has 0 radical (unpaired) electrons. The zero-order valence-corrected chi connectivity index (χ0v) is 20.7. The fraction of sp³-hybridized carbons (Fsp3) is 0.462. The lowest BCUT2D eigenvalue weighted by Crippen LogP contribution is -2.49. The number of hydrogen-bond acceptors (Lipinski definition) is 6. The number of methoxy groups -OCH3 is 1. The average Bonchev–Trinajstić information content (AvgIpc) is 3.01. The molecule has 2 N–H and O–H groups in total.